The molecule has 18 heavy (non-hydrogen) atoms. The highest BCUT2D eigenvalue weighted by Crippen LogP contribution is 2.23. The molecule has 0 atom stereocenters. The monoisotopic (exact) mass is 260 g/mol. The molecule has 0 saturated heterocycles. The maximum absolute atomic E-state index is 11.9. The van der Waals surface area contributed by atoms with Gasteiger partial charge in [0.2, 0.25) is 0 Å². The second kappa shape index (κ2) is 9.34. The van der Waals surface area contributed by atoms with Crippen LogP contribution in [-0.4, -0.2) is 36.0 Å². The van der Waals surface area contributed by atoms with Gasteiger partial charge in [-0.2, -0.15) is 0 Å². The normalized spacial score (nSPS) is 11.9. The van der Waals surface area contributed by atoms with Gasteiger partial charge in [-0.1, -0.05) is 33.6 Å². The average Bonchev–Trinajstić information content (AvgIpc) is 2.40. The number of aliphatic hydroxyl groups excluding tert-OH is 2. The standard InChI is InChI=1S/C14H28O4/c1-4-7-12(8-5-2)13(17)18-11-14(6-3,9-15)10-16/h12,15-16H,4-11H2,1-3H3. The lowest BCUT2D eigenvalue weighted by molar-refractivity contribution is -0.155. The van der Waals surface area contributed by atoms with Crippen molar-refractivity contribution < 1.29 is 19.7 Å². The minimum absolute atomic E-state index is 0.0491. The summed E-state index contributed by atoms with van der Waals surface area (Å²) < 4.78 is 5.29. The van der Waals surface area contributed by atoms with Gasteiger partial charge in [-0.15, -0.1) is 0 Å². The Labute approximate surface area is 110 Å². The van der Waals surface area contributed by atoms with Crippen LogP contribution in [0.5, 0.6) is 0 Å². The molecule has 0 unspecified atom stereocenters. The Hall–Kier alpha value is -0.610. The number of hydrogen-bond donors (Lipinski definition) is 2. The molecule has 0 aromatic rings. The Morgan fingerprint density at radius 2 is 1.61 bits per heavy atom. The van der Waals surface area contributed by atoms with Crippen molar-refractivity contribution in [3.8, 4) is 0 Å². The van der Waals surface area contributed by atoms with Crippen molar-refractivity contribution in [1.29, 1.82) is 0 Å². The first kappa shape index (κ1) is 17.4. The summed E-state index contributed by atoms with van der Waals surface area (Å²) in [6.07, 6.45) is 4.17. The summed E-state index contributed by atoms with van der Waals surface area (Å²) in [5, 5.41) is 18.6. The molecule has 0 heterocycles. The molecule has 0 fully saturated rings. The molecule has 0 aromatic carbocycles. The number of carbonyl (C=O) groups excluding carboxylic acids is 1. The number of carbonyl (C=O) groups is 1. The Bertz CT molecular complexity index is 210. The molecule has 0 amide bonds. The lowest BCUT2D eigenvalue weighted by Gasteiger charge is -2.28. The van der Waals surface area contributed by atoms with Crippen LogP contribution in [0.1, 0.15) is 52.9 Å². The van der Waals surface area contributed by atoms with Crippen molar-refractivity contribution in [1.82, 2.24) is 0 Å². The van der Waals surface area contributed by atoms with Gasteiger partial charge in [-0.3, -0.25) is 4.79 Å². The SMILES string of the molecule is CCCC(CCC)C(=O)OCC(CC)(CO)CO. The molecule has 0 saturated carbocycles. The Morgan fingerprint density at radius 3 is 1.94 bits per heavy atom. The summed E-state index contributed by atoms with van der Waals surface area (Å²) in [5.74, 6) is -0.245. The molecular weight excluding hydrogens is 232 g/mol. The van der Waals surface area contributed by atoms with Gasteiger partial charge in [-0.25, -0.2) is 0 Å². The van der Waals surface area contributed by atoms with E-state index in [-0.39, 0.29) is 31.7 Å². The molecule has 0 bridgehead atoms. The van der Waals surface area contributed by atoms with Gasteiger partial charge in [-0.05, 0) is 19.3 Å². The number of rotatable bonds is 10. The molecule has 0 radical (unpaired) electrons. The van der Waals surface area contributed by atoms with Crippen molar-refractivity contribution in [2.75, 3.05) is 19.8 Å². The predicted molar refractivity (Wildman–Crippen MR) is 71.2 cm³/mol. The zero-order valence-corrected chi connectivity index (χ0v) is 11.9. The molecular formula is C14H28O4. The fourth-order valence-corrected chi connectivity index (χ4v) is 1.89. The highest BCUT2D eigenvalue weighted by Gasteiger charge is 2.30. The summed E-state index contributed by atoms with van der Waals surface area (Å²) in [7, 11) is 0. The lowest BCUT2D eigenvalue weighted by atomic mass is 9.88. The molecule has 0 aliphatic heterocycles. The summed E-state index contributed by atoms with van der Waals surface area (Å²) >= 11 is 0. The highest BCUT2D eigenvalue weighted by atomic mass is 16.5. The number of hydrogen-bond acceptors (Lipinski definition) is 4. The van der Waals surface area contributed by atoms with E-state index < -0.39 is 5.41 Å². The maximum Gasteiger partial charge on any atom is 0.308 e. The topological polar surface area (TPSA) is 66.8 Å². The van der Waals surface area contributed by atoms with Crippen LogP contribution in [0, 0.1) is 11.3 Å². The van der Waals surface area contributed by atoms with Gasteiger partial charge in [0.1, 0.15) is 6.61 Å². The first-order valence-electron chi connectivity index (χ1n) is 6.97. The first-order valence-corrected chi connectivity index (χ1v) is 6.97. The Kier molecular flexibility index (Phi) is 9.02. The van der Waals surface area contributed by atoms with Crippen LogP contribution in [0.2, 0.25) is 0 Å². The predicted octanol–water partition coefficient (Wildman–Crippen LogP) is 2.13. The van der Waals surface area contributed by atoms with Gasteiger partial charge in [0.25, 0.3) is 0 Å². The van der Waals surface area contributed by atoms with E-state index in [9.17, 15) is 15.0 Å². The van der Waals surface area contributed by atoms with E-state index >= 15 is 0 Å². The van der Waals surface area contributed by atoms with Gasteiger partial charge < -0.3 is 14.9 Å². The minimum Gasteiger partial charge on any atom is -0.465 e. The van der Waals surface area contributed by atoms with Crippen LogP contribution < -0.4 is 0 Å². The van der Waals surface area contributed by atoms with Crippen molar-refractivity contribution in [2.24, 2.45) is 11.3 Å². The third-order valence-electron chi connectivity index (χ3n) is 3.55. The van der Waals surface area contributed by atoms with E-state index in [1.54, 1.807) is 0 Å². The van der Waals surface area contributed by atoms with Crippen molar-refractivity contribution in [2.45, 2.75) is 52.9 Å². The molecule has 4 nitrogen and oxygen atoms in total. The van der Waals surface area contributed by atoms with E-state index in [2.05, 4.69) is 0 Å². The second-order valence-corrected chi connectivity index (χ2v) is 5.05. The van der Waals surface area contributed by atoms with Gasteiger partial charge >= 0.3 is 5.97 Å². The summed E-state index contributed by atoms with van der Waals surface area (Å²) in [6.45, 7) is 5.73. The zero-order valence-electron chi connectivity index (χ0n) is 11.9. The van der Waals surface area contributed by atoms with Crippen molar-refractivity contribution in [3.05, 3.63) is 0 Å². The van der Waals surface area contributed by atoms with E-state index in [1.165, 1.54) is 0 Å². The third kappa shape index (κ3) is 5.36. The second-order valence-electron chi connectivity index (χ2n) is 5.05. The summed E-state index contributed by atoms with van der Waals surface area (Å²) in [6, 6.07) is 0. The average molecular weight is 260 g/mol. The molecule has 0 rings (SSSR count). The minimum atomic E-state index is -0.696. The Morgan fingerprint density at radius 1 is 1.11 bits per heavy atom. The summed E-state index contributed by atoms with van der Waals surface area (Å²) in [4.78, 5) is 11.9. The molecule has 0 aliphatic carbocycles. The molecule has 0 spiro atoms. The quantitative estimate of drug-likeness (QED) is 0.590. The van der Waals surface area contributed by atoms with Crippen LogP contribution >= 0.6 is 0 Å². The number of aliphatic hydroxyl groups is 2. The van der Waals surface area contributed by atoms with Crippen molar-refractivity contribution >= 4 is 5.97 Å². The smallest absolute Gasteiger partial charge is 0.308 e. The molecule has 108 valence electrons. The van der Waals surface area contributed by atoms with Crippen molar-refractivity contribution in [3.63, 3.8) is 0 Å². The summed E-state index contributed by atoms with van der Waals surface area (Å²) in [5.41, 5.74) is -0.696. The number of ether oxygens (including phenoxy) is 1. The largest absolute Gasteiger partial charge is 0.465 e. The van der Waals surface area contributed by atoms with E-state index in [4.69, 9.17) is 4.74 Å². The molecule has 0 aliphatic rings. The van der Waals surface area contributed by atoms with E-state index in [1.807, 2.05) is 20.8 Å². The van der Waals surface area contributed by atoms with Gasteiger partial charge in [0.15, 0.2) is 0 Å². The van der Waals surface area contributed by atoms with Crippen LogP contribution in [0.3, 0.4) is 0 Å². The maximum atomic E-state index is 11.9. The van der Waals surface area contributed by atoms with Crippen LogP contribution in [0.25, 0.3) is 0 Å². The van der Waals surface area contributed by atoms with E-state index in [0.717, 1.165) is 25.7 Å². The fraction of sp³-hybridized carbons (Fsp3) is 0.929. The van der Waals surface area contributed by atoms with Gasteiger partial charge in [0.05, 0.1) is 24.5 Å². The van der Waals surface area contributed by atoms with Crippen LogP contribution in [0.15, 0.2) is 0 Å². The van der Waals surface area contributed by atoms with Crippen LogP contribution in [-0.2, 0) is 9.53 Å². The Balaban J connectivity index is 4.35. The fourth-order valence-electron chi connectivity index (χ4n) is 1.89. The first-order chi connectivity index (χ1) is 8.59. The van der Waals surface area contributed by atoms with Crippen LogP contribution in [0.4, 0.5) is 0 Å². The molecule has 2 N–H and O–H groups in total. The zero-order chi connectivity index (χ0) is 14.0. The van der Waals surface area contributed by atoms with Gasteiger partial charge in [0, 0.05) is 0 Å². The third-order valence-corrected chi connectivity index (χ3v) is 3.55. The van der Waals surface area contributed by atoms with E-state index in [0.29, 0.717) is 6.42 Å². The highest BCUT2D eigenvalue weighted by molar-refractivity contribution is 5.72. The molecule has 0 aromatic heterocycles. The molecule has 4 heteroatoms. The number of esters is 1. The lowest BCUT2D eigenvalue weighted by Crippen LogP contribution is -2.36.